The molecule has 0 radical (unpaired) electrons. The van der Waals surface area contributed by atoms with E-state index in [2.05, 4.69) is 47.6 Å². The minimum Gasteiger partial charge on any atom is -0.357 e. The molecule has 3 unspecified atom stereocenters. The molecule has 5 nitrogen and oxygen atoms in total. The zero-order valence-corrected chi connectivity index (χ0v) is 18.9. The molecule has 0 bridgehead atoms. The molecular weight excluding hydrogens is 433 g/mol. The highest BCUT2D eigenvalue weighted by Crippen LogP contribution is 2.28. The van der Waals surface area contributed by atoms with Crippen LogP contribution in [-0.4, -0.2) is 85.7 Å². The van der Waals surface area contributed by atoms with Crippen molar-refractivity contribution in [3.63, 3.8) is 0 Å². The van der Waals surface area contributed by atoms with Crippen LogP contribution < -0.4 is 10.6 Å². The van der Waals surface area contributed by atoms with Crippen molar-refractivity contribution in [3.05, 3.63) is 0 Å². The smallest absolute Gasteiger partial charge is 0.191 e. The molecule has 142 valence electrons. The van der Waals surface area contributed by atoms with Gasteiger partial charge in [0.25, 0.3) is 0 Å². The van der Waals surface area contributed by atoms with E-state index < -0.39 is 0 Å². The van der Waals surface area contributed by atoms with Crippen LogP contribution in [0.4, 0.5) is 0 Å². The number of hydrogen-bond acceptors (Lipinski definition) is 4. The molecule has 0 aromatic rings. The fourth-order valence-corrected chi connectivity index (χ4v) is 4.20. The van der Waals surface area contributed by atoms with Gasteiger partial charge in [0.2, 0.25) is 0 Å². The summed E-state index contributed by atoms with van der Waals surface area (Å²) in [5.74, 6) is 1.00. The standard InChI is InChI=1S/C17H35N5S.HI/c1-5-18-17(20-15-6-7-16(12-15)23-4)19-13-14(2)22-10-8-21(3)9-11-22;/h14-16H,5-13H2,1-4H3,(H2,18,19,20);1H. The van der Waals surface area contributed by atoms with Crippen molar-refractivity contribution in [3.8, 4) is 0 Å². The quantitative estimate of drug-likeness (QED) is 0.354. The Balaban J connectivity index is 0.00000288. The van der Waals surface area contributed by atoms with Crippen molar-refractivity contribution in [1.29, 1.82) is 0 Å². The molecule has 0 spiro atoms. The van der Waals surface area contributed by atoms with E-state index in [1.54, 1.807) is 0 Å². The molecule has 7 heteroatoms. The van der Waals surface area contributed by atoms with Gasteiger partial charge in [-0.25, -0.2) is 0 Å². The summed E-state index contributed by atoms with van der Waals surface area (Å²) in [6.45, 7) is 10.9. The molecule has 3 atom stereocenters. The SMILES string of the molecule is CCNC(=NCC(C)N1CCN(C)CC1)NC1CCC(SC)C1.I. The van der Waals surface area contributed by atoms with E-state index in [9.17, 15) is 0 Å². The number of likely N-dealkylation sites (N-methyl/N-ethyl adjacent to an activating group) is 1. The van der Waals surface area contributed by atoms with Gasteiger partial charge < -0.3 is 15.5 Å². The van der Waals surface area contributed by atoms with Crippen molar-refractivity contribution < 1.29 is 0 Å². The van der Waals surface area contributed by atoms with Crippen molar-refractivity contribution >= 4 is 41.7 Å². The van der Waals surface area contributed by atoms with Crippen LogP contribution >= 0.6 is 35.7 Å². The Kier molecular flexibility index (Phi) is 11.0. The Bertz CT molecular complexity index is 374. The third-order valence-corrected chi connectivity index (χ3v) is 6.17. The van der Waals surface area contributed by atoms with E-state index in [0.29, 0.717) is 12.1 Å². The van der Waals surface area contributed by atoms with Crippen LogP contribution in [0.1, 0.15) is 33.1 Å². The predicted octanol–water partition coefficient (Wildman–Crippen LogP) is 2.08. The number of aliphatic imine (C=N–C) groups is 1. The lowest BCUT2D eigenvalue weighted by atomic mass is 10.2. The molecule has 2 N–H and O–H groups in total. The highest BCUT2D eigenvalue weighted by molar-refractivity contribution is 14.0. The first kappa shape index (κ1) is 22.3. The number of nitrogens with one attached hydrogen (secondary N) is 2. The summed E-state index contributed by atoms with van der Waals surface area (Å²) in [5.41, 5.74) is 0. The number of nitrogens with zero attached hydrogens (tertiary/aromatic N) is 3. The Hall–Kier alpha value is 0.270. The van der Waals surface area contributed by atoms with Crippen LogP contribution in [0.5, 0.6) is 0 Å². The predicted molar refractivity (Wildman–Crippen MR) is 118 cm³/mol. The number of thioether (sulfide) groups is 1. The third kappa shape index (κ3) is 7.25. The maximum Gasteiger partial charge on any atom is 0.191 e. The Morgan fingerprint density at radius 3 is 2.54 bits per heavy atom. The van der Waals surface area contributed by atoms with Gasteiger partial charge in [-0.3, -0.25) is 9.89 Å². The Labute approximate surface area is 169 Å². The first-order valence-corrected chi connectivity index (χ1v) is 10.4. The van der Waals surface area contributed by atoms with Crippen LogP contribution in [0.15, 0.2) is 4.99 Å². The van der Waals surface area contributed by atoms with Crippen LogP contribution in [-0.2, 0) is 0 Å². The third-order valence-electron chi connectivity index (χ3n) is 5.08. The normalized spacial score (nSPS) is 27.6. The molecular formula is C17H36IN5S. The van der Waals surface area contributed by atoms with Gasteiger partial charge in [0, 0.05) is 50.1 Å². The molecule has 1 aliphatic heterocycles. The summed E-state index contributed by atoms with van der Waals surface area (Å²) in [5, 5.41) is 7.88. The van der Waals surface area contributed by atoms with E-state index in [4.69, 9.17) is 4.99 Å². The molecule has 2 fully saturated rings. The van der Waals surface area contributed by atoms with E-state index in [1.807, 2.05) is 11.8 Å². The Morgan fingerprint density at radius 2 is 1.96 bits per heavy atom. The summed E-state index contributed by atoms with van der Waals surface area (Å²) in [7, 11) is 2.21. The largest absolute Gasteiger partial charge is 0.357 e. The first-order chi connectivity index (χ1) is 11.1. The van der Waals surface area contributed by atoms with E-state index in [1.165, 1.54) is 32.4 Å². The molecule has 2 aliphatic rings. The van der Waals surface area contributed by atoms with Gasteiger partial charge in [-0.15, -0.1) is 24.0 Å². The van der Waals surface area contributed by atoms with Gasteiger partial charge in [0.05, 0.1) is 6.54 Å². The lowest BCUT2D eigenvalue weighted by Gasteiger charge is -2.36. The van der Waals surface area contributed by atoms with E-state index in [-0.39, 0.29) is 24.0 Å². The second-order valence-corrected chi connectivity index (χ2v) is 8.06. The highest BCUT2D eigenvalue weighted by atomic mass is 127. The van der Waals surface area contributed by atoms with Crippen molar-refractivity contribution in [2.24, 2.45) is 4.99 Å². The molecule has 0 aromatic carbocycles. The molecule has 0 amide bonds. The summed E-state index contributed by atoms with van der Waals surface area (Å²) in [6.07, 6.45) is 6.09. The van der Waals surface area contributed by atoms with Crippen molar-refractivity contribution in [2.75, 3.05) is 52.6 Å². The zero-order valence-electron chi connectivity index (χ0n) is 15.8. The average molecular weight is 469 g/mol. The maximum atomic E-state index is 4.85. The Morgan fingerprint density at radius 1 is 1.25 bits per heavy atom. The molecule has 1 saturated heterocycles. The van der Waals surface area contributed by atoms with Crippen LogP contribution in [0, 0.1) is 0 Å². The topological polar surface area (TPSA) is 42.9 Å². The molecule has 1 saturated carbocycles. The summed E-state index contributed by atoms with van der Waals surface area (Å²) in [6, 6.07) is 1.10. The van der Waals surface area contributed by atoms with Gasteiger partial charge in [-0.1, -0.05) is 0 Å². The monoisotopic (exact) mass is 469 g/mol. The van der Waals surface area contributed by atoms with Gasteiger partial charge in [-0.2, -0.15) is 11.8 Å². The molecule has 24 heavy (non-hydrogen) atoms. The van der Waals surface area contributed by atoms with Gasteiger partial charge in [-0.05, 0) is 46.4 Å². The zero-order chi connectivity index (χ0) is 16.7. The minimum absolute atomic E-state index is 0. The summed E-state index contributed by atoms with van der Waals surface area (Å²) in [4.78, 5) is 9.82. The number of halogens is 1. The van der Waals surface area contributed by atoms with Gasteiger partial charge in [0.1, 0.15) is 0 Å². The fraction of sp³-hybridized carbons (Fsp3) is 0.941. The second-order valence-electron chi connectivity index (χ2n) is 6.92. The van der Waals surface area contributed by atoms with Crippen LogP contribution in [0.2, 0.25) is 0 Å². The summed E-state index contributed by atoms with van der Waals surface area (Å²) >= 11 is 2.00. The number of guanidine groups is 1. The van der Waals surface area contributed by atoms with Crippen molar-refractivity contribution in [2.45, 2.75) is 50.4 Å². The number of piperazine rings is 1. The molecule has 2 rings (SSSR count). The van der Waals surface area contributed by atoms with E-state index in [0.717, 1.165) is 37.4 Å². The lowest BCUT2D eigenvalue weighted by molar-refractivity contribution is 0.122. The second kappa shape index (κ2) is 11.8. The summed E-state index contributed by atoms with van der Waals surface area (Å²) < 4.78 is 0. The number of hydrogen-bond donors (Lipinski definition) is 2. The minimum atomic E-state index is 0. The first-order valence-electron chi connectivity index (χ1n) is 9.12. The molecule has 1 aliphatic carbocycles. The molecule has 0 aromatic heterocycles. The van der Waals surface area contributed by atoms with E-state index >= 15 is 0 Å². The fourth-order valence-electron chi connectivity index (χ4n) is 3.40. The average Bonchev–Trinajstić information content (AvgIpc) is 3.01. The van der Waals surface area contributed by atoms with Crippen molar-refractivity contribution in [1.82, 2.24) is 20.4 Å². The highest BCUT2D eigenvalue weighted by Gasteiger charge is 2.24. The number of rotatable bonds is 6. The lowest BCUT2D eigenvalue weighted by Crippen LogP contribution is -2.49. The van der Waals surface area contributed by atoms with Crippen LogP contribution in [0.25, 0.3) is 0 Å². The van der Waals surface area contributed by atoms with Gasteiger partial charge >= 0.3 is 0 Å². The molecule has 1 heterocycles. The maximum absolute atomic E-state index is 4.85. The van der Waals surface area contributed by atoms with Crippen LogP contribution in [0.3, 0.4) is 0 Å². The van der Waals surface area contributed by atoms with Gasteiger partial charge in [0.15, 0.2) is 5.96 Å².